The predicted molar refractivity (Wildman–Crippen MR) is 73.5 cm³/mol. The topological polar surface area (TPSA) is 42.7 Å². The van der Waals surface area contributed by atoms with Crippen LogP contribution in [-0.4, -0.2) is 21.3 Å². The fourth-order valence-corrected chi connectivity index (χ4v) is 1.84. The van der Waals surface area contributed by atoms with E-state index in [2.05, 4.69) is 15.4 Å². The lowest BCUT2D eigenvalue weighted by Crippen LogP contribution is -2.13. The molecule has 0 aliphatic rings. The maximum Gasteiger partial charge on any atom is 0.153 e. The van der Waals surface area contributed by atoms with Crippen molar-refractivity contribution in [3.05, 3.63) is 39.8 Å². The van der Waals surface area contributed by atoms with Gasteiger partial charge in [0.2, 0.25) is 0 Å². The molecule has 2 aromatic rings. The molecule has 4 nitrogen and oxygen atoms in total. The van der Waals surface area contributed by atoms with Crippen molar-refractivity contribution in [2.45, 2.75) is 20.4 Å². The molecule has 2 aromatic heterocycles. The molecule has 0 aromatic carbocycles. The molecular weight excluding hydrogens is 271 g/mol. The van der Waals surface area contributed by atoms with Crippen LogP contribution < -0.4 is 5.32 Å². The highest BCUT2D eigenvalue weighted by Gasteiger charge is 2.08. The largest absolute Gasteiger partial charge is 0.313 e. The van der Waals surface area contributed by atoms with Crippen molar-refractivity contribution in [1.29, 1.82) is 0 Å². The van der Waals surface area contributed by atoms with Crippen LogP contribution in [0.2, 0.25) is 10.0 Å². The number of hydrogen-bond acceptors (Lipinski definition) is 3. The van der Waals surface area contributed by atoms with Gasteiger partial charge in [0.25, 0.3) is 0 Å². The smallest absolute Gasteiger partial charge is 0.153 e. The Morgan fingerprint density at radius 2 is 2.11 bits per heavy atom. The van der Waals surface area contributed by atoms with E-state index in [9.17, 15) is 0 Å². The standard InChI is InChI=1S/C12H14Cl2N4/c1-3-15-5-9-4-12(16-6-10(9)13)18-7-11(14)8(2)17-18/h4,6-7,15H,3,5H2,1-2H3. The van der Waals surface area contributed by atoms with E-state index in [1.54, 1.807) is 17.1 Å². The molecule has 0 bridgehead atoms. The Labute approximate surface area is 116 Å². The van der Waals surface area contributed by atoms with Gasteiger partial charge < -0.3 is 5.32 Å². The molecule has 0 unspecified atom stereocenters. The summed E-state index contributed by atoms with van der Waals surface area (Å²) in [5.74, 6) is 0.710. The summed E-state index contributed by atoms with van der Waals surface area (Å²) in [6, 6.07) is 1.91. The van der Waals surface area contributed by atoms with E-state index in [1.807, 2.05) is 19.9 Å². The summed E-state index contributed by atoms with van der Waals surface area (Å²) >= 11 is 12.1. The lowest BCUT2D eigenvalue weighted by Gasteiger charge is -2.07. The van der Waals surface area contributed by atoms with Crippen LogP contribution in [0.1, 0.15) is 18.2 Å². The van der Waals surface area contributed by atoms with Crippen LogP contribution in [0, 0.1) is 6.92 Å². The molecule has 0 spiro atoms. The minimum Gasteiger partial charge on any atom is -0.313 e. The van der Waals surface area contributed by atoms with Gasteiger partial charge in [0, 0.05) is 12.7 Å². The van der Waals surface area contributed by atoms with E-state index in [-0.39, 0.29) is 0 Å². The first-order chi connectivity index (χ1) is 8.61. The van der Waals surface area contributed by atoms with E-state index in [1.165, 1.54) is 0 Å². The Kier molecular flexibility index (Phi) is 4.22. The zero-order chi connectivity index (χ0) is 13.1. The quantitative estimate of drug-likeness (QED) is 0.939. The van der Waals surface area contributed by atoms with E-state index >= 15 is 0 Å². The SMILES string of the molecule is CCNCc1cc(-n2cc(Cl)c(C)n2)ncc1Cl. The molecule has 0 aliphatic carbocycles. The summed E-state index contributed by atoms with van der Waals surface area (Å²) in [4.78, 5) is 4.25. The van der Waals surface area contributed by atoms with Crippen LogP contribution in [0.3, 0.4) is 0 Å². The minimum atomic E-state index is 0.625. The second-order valence-electron chi connectivity index (χ2n) is 3.92. The lowest BCUT2D eigenvalue weighted by molar-refractivity contribution is 0.723. The molecule has 0 aliphatic heterocycles. The number of hydrogen-bond donors (Lipinski definition) is 1. The number of rotatable bonds is 4. The Balaban J connectivity index is 2.34. The number of halogens is 2. The molecule has 96 valence electrons. The van der Waals surface area contributed by atoms with Gasteiger partial charge in [-0.05, 0) is 25.1 Å². The third-order valence-electron chi connectivity index (χ3n) is 2.56. The van der Waals surface area contributed by atoms with Gasteiger partial charge in [-0.25, -0.2) is 9.67 Å². The van der Waals surface area contributed by atoms with Crippen LogP contribution >= 0.6 is 23.2 Å². The number of aryl methyl sites for hydroxylation is 1. The van der Waals surface area contributed by atoms with Gasteiger partial charge in [-0.3, -0.25) is 0 Å². The van der Waals surface area contributed by atoms with Crippen LogP contribution in [-0.2, 0) is 6.54 Å². The average Bonchev–Trinajstić information content (AvgIpc) is 2.69. The molecule has 0 atom stereocenters. The number of nitrogens with zero attached hydrogens (tertiary/aromatic N) is 3. The summed E-state index contributed by atoms with van der Waals surface area (Å²) in [5, 5.41) is 8.80. The van der Waals surface area contributed by atoms with Gasteiger partial charge >= 0.3 is 0 Å². The molecular formula is C12H14Cl2N4. The molecule has 0 saturated carbocycles. The highest BCUT2D eigenvalue weighted by Crippen LogP contribution is 2.19. The van der Waals surface area contributed by atoms with Gasteiger partial charge in [0.15, 0.2) is 5.82 Å². The highest BCUT2D eigenvalue weighted by molar-refractivity contribution is 6.31. The lowest BCUT2D eigenvalue weighted by atomic mass is 10.2. The molecule has 2 heterocycles. The molecule has 0 radical (unpaired) electrons. The number of pyridine rings is 1. The average molecular weight is 285 g/mol. The fourth-order valence-electron chi connectivity index (χ4n) is 1.54. The van der Waals surface area contributed by atoms with Gasteiger partial charge in [0.05, 0.1) is 21.9 Å². The Morgan fingerprint density at radius 1 is 1.33 bits per heavy atom. The van der Waals surface area contributed by atoms with E-state index in [4.69, 9.17) is 23.2 Å². The zero-order valence-electron chi connectivity index (χ0n) is 10.2. The second-order valence-corrected chi connectivity index (χ2v) is 4.74. The minimum absolute atomic E-state index is 0.625. The predicted octanol–water partition coefficient (Wildman–Crippen LogP) is 2.99. The van der Waals surface area contributed by atoms with E-state index < -0.39 is 0 Å². The first-order valence-electron chi connectivity index (χ1n) is 5.69. The van der Waals surface area contributed by atoms with Crippen molar-refractivity contribution < 1.29 is 0 Å². The van der Waals surface area contributed by atoms with Gasteiger partial charge in [0.1, 0.15) is 0 Å². The van der Waals surface area contributed by atoms with Crippen LogP contribution in [0.25, 0.3) is 5.82 Å². The van der Waals surface area contributed by atoms with E-state index in [0.29, 0.717) is 22.4 Å². The van der Waals surface area contributed by atoms with Gasteiger partial charge in [-0.15, -0.1) is 0 Å². The van der Waals surface area contributed by atoms with Crippen LogP contribution in [0.15, 0.2) is 18.5 Å². The Bertz CT molecular complexity index is 532. The highest BCUT2D eigenvalue weighted by atomic mass is 35.5. The van der Waals surface area contributed by atoms with E-state index in [0.717, 1.165) is 17.8 Å². The molecule has 0 amide bonds. The van der Waals surface area contributed by atoms with Crippen molar-refractivity contribution in [2.75, 3.05) is 6.54 Å². The Morgan fingerprint density at radius 3 is 2.72 bits per heavy atom. The first-order valence-corrected chi connectivity index (χ1v) is 6.44. The number of nitrogens with one attached hydrogen (secondary N) is 1. The Hall–Kier alpha value is -1.10. The molecule has 1 N–H and O–H groups in total. The van der Waals surface area contributed by atoms with Crippen molar-refractivity contribution in [3.8, 4) is 5.82 Å². The molecule has 2 rings (SSSR count). The first kappa shape index (κ1) is 13.3. The summed E-state index contributed by atoms with van der Waals surface area (Å²) in [6.45, 7) is 5.50. The summed E-state index contributed by atoms with van der Waals surface area (Å²) in [5.41, 5.74) is 1.77. The maximum absolute atomic E-state index is 6.10. The van der Waals surface area contributed by atoms with Crippen molar-refractivity contribution in [1.82, 2.24) is 20.1 Å². The monoisotopic (exact) mass is 284 g/mol. The molecule has 6 heteroatoms. The van der Waals surface area contributed by atoms with Gasteiger partial charge in [-0.1, -0.05) is 30.1 Å². The third-order valence-corrected chi connectivity index (χ3v) is 3.27. The molecule has 0 fully saturated rings. The summed E-state index contributed by atoms with van der Waals surface area (Å²) in [6.07, 6.45) is 3.37. The van der Waals surface area contributed by atoms with Crippen molar-refractivity contribution in [3.63, 3.8) is 0 Å². The summed E-state index contributed by atoms with van der Waals surface area (Å²) in [7, 11) is 0. The zero-order valence-corrected chi connectivity index (χ0v) is 11.8. The van der Waals surface area contributed by atoms with Crippen molar-refractivity contribution in [2.24, 2.45) is 0 Å². The molecule has 0 saturated heterocycles. The molecule has 18 heavy (non-hydrogen) atoms. The maximum atomic E-state index is 6.10. The van der Waals surface area contributed by atoms with Crippen molar-refractivity contribution >= 4 is 23.2 Å². The third kappa shape index (κ3) is 2.83. The number of aromatic nitrogens is 3. The van der Waals surface area contributed by atoms with Crippen LogP contribution in [0.4, 0.5) is 0 Å². The van der Waals surface area contributed by atoms with Crippen LogP contribution in [0.5, 0.6) is 0 Å². The second kappa shape index (κ2) is 5.69. The normalized spacial score (nSPS) is 10.9. The summed E-state index contributed by atoms with van der Waals surface area (Å²) < 4.78 is 1.66. The fraction of sp³-hybridized carbons (Fsp3) is 0.333. The van der Waals surface area contributed by atoms with Gasteiger partial charge in [-0.2, -0.15) is 5.10 Å².